The predicted octanol–water partition coefficient (Wildman–Crippen LogP) is -0.649. The quantitative estimate of drug-likeness (QED) is 0.671. The van der Waals surface area contributed by atoms with Crippen molar-refractivity contribution in [2.24, 2.45) is 0 Å². The lowest BCUT2D eigenvalue weighted by Gasteiger charge is -2.33. The first kappa shape index (κ1) is 15.8. The largest absolute Gasteiger partial charge is 0.395 e. The Morgan fingerprint density at radius 3 is 2.33 bits per heavy atom. The van der Waals surface area contributed by atoms with E-state index in [4.69, 9.17) is 9.84 Å². The lowest BCUT2D eigenvalue weighted by Crippen LogP contribution is -2.50. The van der Waals surface area contributed by atoms with E-state index in [9.17, 15) is 8.42 Å². The smallest absolute Gasteiger partial charge is 0.216 e. The fraction of sp³-hybridized carbons (Fsp3) is 1.00. The Kier molecular flexibility index (Phi) is 6.51. The molecule has 1 fully saturated rings. The van der Waals surface area contributed by atoms with E-state index < -0.39 is 10.0 Å². The molecule has 0 aromatic heterocycles. The zero-order valence-corrected chi connectivity index (χ0v) is 12.0. The van der Waals surface area contributed by atoms with Crippen LogP contribution in [0.1, 0.15) is 13.8 Å². The van der Waals surface area contributed by atoms with Crippen LogP contribution < -0.4 is 0 Å². The summed E-state index contributed by atoms with van der Waals surface area (Å²) >= 11 is 0. The molecule has 0 atom stereocenters. The van der Waals surface area contributed by atoms with Gasteiger partial charge in [0.05, 0.1) is 25.1 Å². The van der Waals surface area contributed by atoms with Crippen molar-refractivity contribution in [2.75, 3.05) is 51.7 Å². The van der Waals surface area contributed by atoms with Crippen molar-refractivity contribution in [3.05, 3.63) is 0 Å². The summed E-state index contributed by atoms with van der Waals surface area (Å²) in [6, 6.07) is 0. The molecule has 0 aromatic rings. The third kappa shape index (κ3) is 5.19. The third-order valence-electron chi connectivity index (χ3n) is 2.93. The molecule has 108 valence electrons. The highest BCUT2D eigenvalue weighted by Gasteiger charge is 2.26. The lowest BCUT2D eigenvalue weighted by atomic mass is 10.4. The topological polar surface area (TPSA) is 70.1 Å². The number of nitrogens with zero attached hydrogens (tertiary/aromatic N) is 2. The third-order valence-corrected chi connectivity index (χ3v) is 4.77. The summed E-state index contributed by atoms with van der Waals surface area (Å²) in [5.41, 5.74) is 0. The van der Waals surface area contributed by atoms with Crippen LogP contribution in [0.3, 0.4) is 0 Å². The van der Waals surface area contributed by atoms with E-state index in [0.717, 1.165) is 0 Å². The minimum atomic E-state index is -3.20. The number of rotatable bonds is 7. The maximum atomic E-state index is 12.0. The fourth-order valence-corrected chi connectivity index (χ4v) is 3.18. The molecule has 1 heterocycles. The van der Waals surface area contributed by atoms with Crippen LogP contribution in [0.15, 0.2) is 0 Å². The zero-order chi connectivity index (χ0) is 13.6. The number of β-amino-alcohol motifs (C(OH)–C–C–N with tert-alkyl or cyclic N) is 1. The van der Waals surface area contributed by atoms with Gasteiger partial charge < -0.3 is 9.84 Å². The van der Waals surface area contributed by atoms with Crippen LogP contribution in [0.5, 0.6) is 0 Å². The molecule has 0 saturated carbocycles. The molecule has 0 spiro atoms. The van der Waals surface area contributed by atoms with Gasteiger partial charge in [0.15, 0.2) is 0 Å². The summed E-state index contributed by atoms with van der Waals surface area (Å²) < 4.78 is 30.8. The number of ether oxygens (including phenoxy) is 1. The number of hydrogen-bond acceptors (Lipinski definition) is 5. The molecule has 0 aliphatic carbocycles. The predicted molar refractivity (Wildman–Crippen MR) is 70.0 cm³/mol. The van der Waals surface area contributed by atoms with Crippen molar-refractivity contribution in [1.82, 2.24) is 9.21 Å². The molecule has 0 radical (unpaired) electrons. The van der Waals surface area contributed by atoms with E-state index >= 15 is 0 Å². The van der Waals surface area contributed by atoms with Gasteiger partial charge >= 0.3 is 0 Å². The Morgan fingerprint density at radius 1 is 1.22 bits per heavy atom. The number of hydrogen-bond donors (Lipinski definition) is 1. The molecule has 0 bridgehead atoms. The van der Waals surface area contributed by atoms with Gasteiger partial charge in [0.2, 0.25) is 10.0 Å². The summed E-state index contributed by atoms with van der Waals surface area (Å²) in [6.45, 7) is 7.14. The first-order valence-corrected chi connectivity index (χ1v) is 7.99. The monoisotopic (exact) mass is 280 g/mol. The van der Waals surface area contributed by atoms with E-state index in [2.05, 4.69) is 4.90 Å². The van der Waals surface area contributed by atoms with Gasteiger partial charge in [-0.25, -0.2) is 8.42 Å². The maximum absolute atomic E-state index is 12.0. The highest BCUT2D eigenvalue weighted by Crippen LogP contribution is 2.08. The standard InChI is InChI=1S/C11H24N2O4S/c1-11(2)17-9-10-18(15,16)13-5-3-12(4-6-13)7-8-14/h11,14H,3-10H2,1-2H3. The molecule has 18 heavy (non-hydrogen) atoms. The molecular formula is C11H24N2O4S. The number of sulfonamides is 1. The first-order valence-electron chi connectivity index (χ1n) is 6.38. The van der Waals surface area contributed by atoms with Crippen molar-refractivity contribution in [3.8, 4) is 0 Å². The van der Waals surface area contributed by atoms with Crippen LogP contribution in [-0.2, 0) is 14.8 Å². The van der Waals surface area contributed by atoms with Crippen molar-refractivity contribution >= 4 is 10.0 Å². The van der Waals surface area contributed by atoms with Gasteiger partial charge in [0.25, 0.3) is 0 Å². The second-order valence-corrected chi connectivity index (χ2v) is 6.79. The van der Waals surface area contributed by atoms with Crippen LogP contribution in [0.25, 0.3) is 0 Å². The summed E-state index contributed by atoms with van der Waals surface area (Å²) in [4.78, 5) is 2.07. The Labute approximate surface area is 110 Å². The molecule has 6 nitrogen and oxygen atoms in total. The molecule has 1 aliphatic heterocycles. The van der Waals surface area contributed by atoms with Gasteiger partial charge in [-0.1, -0.05) is 0 Å². The average Bonchev–Trinajstić information content (AvgIpc) is 2.29. The summed E-state index contributed by atoms with van der Waals surface area (Å²) in [5.74, 6) is 0.0468. The molecule has 1 N–H and O–H groups in total. The molecule has 0 aromatic carbocycles. The molecular weight excluding hydrogens is 256 g/mol. The number of piperazine rings is 1. The molecule has 0 unspecified atom stereocenters. The van der Waals surface area contributed by atoms with E-state index in [1.165, 1.54) is 4.31 Å². The summed E-state index contributed by atoms with van der Waals surface area (Å²) in [6.07, 6.45) is 0.0570. The molecule has 7 heteroatoms. The van der Waals surface area contributed by atoms with E-state index in [1.54, 1.807) is 0 Å². The maximum Gasteiger partial charge on any atom is 0.216 e. The van der Waals surface area contributed by atoms with E-state index in [-0.39, 0.29) is 25.1 Å². The van der Waals surface area contributed by atoms with Crippen LogP contribution in [-0.4, -0.2) is 80.5 Å². The van der Waals surface area contributed by atoms with Gasteiger partial charge in [-0.15, -0.1) is 0 Å². The van der Waals surface area contributed by atoms with Crippen LogP contribution in [0.2, 0.25) is 0 Å². The normalized spacial score (nSPS) is 19.6. The Bertz CT molecular complexity index is 324. The molecule has 1 rings (SSSR count). The van der Waals surface area contributed by atoms with Crippen LogP contribution in [0.4, 0.5) is 0 Å². The highest BCUT2D eigenvalue weighted by atomic mass is 32.2. The summed E-state index contributed by atoms with van der Waals surface area (Å²) in [7, 11) is -3.20. The van der Waals surface area contributed by atoms with Crippen molar-refractivity contribution in [2.45, 2.75) is 20.0 Å². The average molecular weight is 280 g/mol. The van der Waals surface area contributed by atoms with Crippen molar-refractivity contribution in [1.29, 1.82) is 0 Å². The molecule has 0 amide bonds. The molecule has 1 aliphatic rings. The van der Waals surface area contributed by atoms with Gasteiger partial charge in [0, 0.05) is 32.7 Å². The minimum Gasteiger partial charge on any atom is -0.395 e. The SMILES string of the molecule is CC(C)OCCS(=O)(=O)N1CCN(CCO)CC1. The Morgan fingerprint density at radius 2 is 1.83 bits per heavy atom. The summed E-state index contributed by atoms with van der Waals surface area (Å²) in [5, 5.41) is 8.82. The molecule has 1 saturated heterocycles. The second-order valence-electron chi connectivity index (χ2n) is 4.70. The van der Waals surface area contributed by atoms with Gasteiger partial charge in [-0.2, -0.15) is 4.31 Å². The van der Waals surface area contributed by atoms with Crippen molar-refractivity contribution in [3.63, 3.8) is 0 Å². The lowest BCUT2D eigenvalue weighted by molar-refractivity contribution is 0.0901. The van der Waals surface area contributed by atoms with Gasteiger partial charge in [-0.05, 0) is 13.8 Å². The second kappa shape index (κ2) is 7.40. The van der Waals surface area contributed by atoms with Crippen molar-refractivity contribution < 1.29 is 18.3 Å². The van der Waals surface area contributed by atoms with Gasteiger partial charge in [-0.3, -0.25) is 4.90 Å². The highest BCUT2D eigenvalue weighted by molar-refractivity contribution is 7.89. The van der Waals surface area contributed by atoms with E-state index in [0.29, 0.717) is 32.7 Å². The van der Waals surface area contributed by atoms with Crippen LogP contribution >= 0.6 is 0 Å². The number of aliphatic hydroxyl groups is 1. The zero-order valence-electron chi connectivity index (χ0n) is 11.2. The first-order chi connectivity index (χ1) is 8.45. The Balaban J connectivity index is 2.36. The minimum absolute atomic E-state index is 0.0468. The van der Waals surface area contributed by atoms with Gasteiger partial charge in [0.1, 0.15) is 0 Å². The number of aliphatic hydroxyl groups excluding tert-OH is 1. The fourth-order valence-electron chi connectivity index (χ4n) is 1.89. The van der Waals surface area contributed by atoms with E-state index in [1.807, 2.05) is 13.8 Å². The Hall–Kier alpha value is -0.210. The van der Waals surface area contributed by atoms with Crippen LogP contribution in [0, 0.1) is 0 Å².